The number of rotatable bonds is 6. The number of para-hydroxylation sites is 1. The smallest absolute Gasteiger partial charge is 0.432 e. The van der Waals surface area contributed by atoms with E-state index in [9.17, 15) is 4.79 Å². The van der Waals surface area contributed by atoms with E-state index < -0.39 is 6.16 Å². The molecule has 4 nitrogen and oxygen atoms in total. The molecular formula is C17H14Cl5NO3. The van der Waals surface area contributed by atoms with Crippen LogP contribution in [0.2, 0.25) is 25.1 Å². The highest BCUT2D eigenvalue weighted by Gasteiger charge is 2.23. The van der Waals surface area contributed by atoms with Crippen molar-refractivity contribution in [3.63, 3.8) is 0 Å². The SMILES string of the molecule is CCN(CCOC(=O)Oc1c(Cl)c(Cl)c(Cl)c(Cl)c1Cl)c1ccccc1. The third-order valence-electron chi connectivity index (χ3n) is 3.44. The van der Waals surface area contributed by atoms with Crippen LogP contribution in [0.4, 0.5) is 10.5 Å². The largest absolute Gasteiger partial charge is 0.514 e. The summed E-state index contributed by atoms with van der Waals surface area (Å²) in [5.74, 6) is -0.201. The van der Waals surface area contributed by atoms with E-state index in [0.717, 1.165) is 12.2 Å². The van der Waals surface area contributed by atoms with Gasteiger partial charge in [-0.25, -0.2) is 4.79 Å². The minimum absolute atomic E-state index is 0.0227. The Kier molecular flexibility index (Phi) is 7.99. The zero-order chi connectivity index (χ0) is 19.3. The third kappa shape index (κ3) is 5.02. The third-order valence-corrected chi connectivity index (χ3v) is 5.68. The van der Waals surface area contributed by atoms with Gasteiger partial charge in [0.1, 0.15) is 16.7 Å². The van der Waals surface area contributed by atoms with Crippen LogP contribution < -0.4 is 9.64 Å². The first-order valence-corrected chi connectivity index (χ1v) is 9.41. The number of ether oxygens (including phenoxy) is 2. The van der Waals surface area contributed by atoms with Crippen molar-refractivity contribution in [2.24, 2.45) is 0 Å². The summed E-state index contributed by atoms with van der Waals surface area (Å²) in [7, 11) is 0. The van der Waals surface area contributed by atoms with Gasteiger partial charge in [-0.1, -0.05) is 76.2 Å². The number of halogens is 5. The quantitative estimate of drug-likeness (QED) is 0.203. The molecule has 0 aliphatic heterocycles. The second-order valence-electron chi connectivity index (χ2n) is 5.01. The number of carbonyl (C=O) groups is 1. The van der Waals surface area contributed by atoms with Gasteiger partial charge in [0.25, 0.3) is 0 Å². The molecule has 0 aliphatic rings. The zero-order valence-corrected chi connectivity index (χ0v) is 17.3. The predicted molar refractivity (Wildman–Crippen MR) is 108 cm³/mol. The minimum Gasteiger partial charge on any atom is -0.432 e. The molecule has 0 spiro atoms. The van der Waals surface area contributed by atoms with Gasteiger partial charge < -0.3 is 14.4 Å². The van der Waals surface area contributed by atoms with Crippen molar-refractivity contribution >= 4 is 69.8 Å². The van der Waals surface area contributed by atoms with Crippen LogP contribution in [0.25, 0.3) is 0 Å². The summed E-state index contributed by atoms with van der Waals surface area (Å²) in [6.45, 7) is 3.34. The van der Waals surface area contributed by atoms with Crippen LogP contribution in [0.5, 0.6) is 5.75 Å². The number of nitrogens with zero attached hydrogens (tertiary/aromatic N) is 1. The molecule has 0 radical (unpaired) electrons. The second-order valence-corrected chi connectivity index (χ2v) is 6.90. The van der Waals surface area contributed by atoms with E-state index in [1.807, 2.05) is 42.2 Å². The number of hydrogen-bond donors (Lipinski definition) is 0. The molecule has 0 saturated heterocycles. The van der Waals surface area contributed by atoms with E-state index in [2.05, 4.69) is 0 Å². The van der Waals surface area contributed by atoms with Crippen molar-refractivity contribution in [1.82, 2.24) is 0 Å². The lowest BCUT2D eigenvalue weighted by atomic mass is 10.3. The van der Waals surface area contributed by atoms with E-state index >= 15 is 0 Å². The maximum Gasteiger partial charge on any atom is 0.514 e. The molecule has 0 unspecified atom stereocenters. The Labute approximate surface area is 176 Å². The molecule has 0 N–H and O–H groups in total. The maximum absolute atomic E-state index is 11.9. The molecule has 9 heteroatoms. The van der Waals surface area contributed by atoms with Gasteiger partial charge in [-0.2, -0.15) is 0 Å². The lowest BCUT2D eigenvalue weighted by Gasteiger charge is -2.22. The molecule has 0 amide bonds. The van der Waals surface area contributed by atoms with Gasteiger partial charge in [0.2, 0.25) is 0 Å². The van der Waals surface area contributed by atoms with Crippen molar-refractivity contribution in [3.8, 4) is 5.75 Å². The van der Waals surface area contributed by atoms with Gasteiger partial charge in [-0.05, 0) is 19.1 Å². The average molecular weight is 458 g/mol. The normalized spacial score (nSPS) is 10.5. The fourth-order valence-electron chi connectivity index (χ4n) is 2.13. The first-order valence-electron chi connectivity index (χ1n) is 7.52. The fourth-order valence-corrected chi connectivity index (χ4v) is 3.33. The van der Waals surface area contributed by atoms with Crippen LogP contribution in [-0.4, -0.2) is 25.9 Å². The van der Waals surface area contributed by atoms with E-state index in [1.165, 1.54) is 0 Å². The number of anilines is 1. The van der Waals surface area contributed by atoms with E-state index in [1.54, 1.807) is 0 Å². The summed E-state index contributed by atoms with van der Waals surface area (Å²) < 4.78 is 10.1. The lowest BCUT2D eigenvalue weighted by Crippen LogP contribution is -2.28. The summed E-state index contributed by atoms with van der Waals surface area (Å²) in [5, 5.41) is -0.394. The van der Waals surface area contributed by atoms with Gasteiger partial charge in [-0.15, -0.1) is 0 Å². The van der Waals surface area contributed by atoms with Crippen LogP contribution in [0.15, 0.2) is 30.3 Å². The van der Waals surface area contributed by atoms with Crippen LogP contribution >= 0.6 is 58.0 Å². The number of benzene rings is 2. The molecule has 140 valence electrons. The molecule has 0 aromatic heterocycles. The molecule has 2 aromatic carbocycles. The van der Waals surface area contributed by atoms with Crippen molar-refractivity contribution in [2.45, 2.75) is 6.92 Å². The first kappa shape index (κ1) is 21.3. The Bertz CT molecular complexity index is 757. The average Bonchev–Trinajstić information content (AvgIpc) is 2.66. The summed E-state index contributed by atoms with van der Waals surface area (Å²) in [5.41, 5.74) is 1.02. The first-order chi connectivity index (χ1) is 12.4. The van der Waals surface area contributed by atoms with Crippen molar-refractivity contribution in [2.75, 3.05) is 24.6 Å². The molecular weight excluding hydrogens is 443 g/mol. The Morgan fingerprint density at radius 1 is 0.923 bits per heavy atom. The number of likely N-dealkylation sites (N-methyl/N-ethyl adjacent to an activating group) is 1. The topological polar surface area (TPSA) is 38.8 Å². The second kappa shape index (κ2) is 9.77. The Balaban J connectivity index is 1.98. The summed E-state index contributed by atoms with van der Waals surface area (Å²) in [4.78, 5) is 14.0. The van der Waals surface area contributed by atoms with Crippen LogP contribution in [-0.2, 0) is 4.74 Å². The molecule has 2 aromatic rings. The maximum atomic E-state index is 11.9. The molecule has 0 atom stereocenters. The fraction of sp³-hybridized carbons (Fsp3) is 0.235. The standard InChI is InChI=1S/C17H14Cl5NO3/c1-2-23(10-6-4-3-5-7-10)8-9-25-17(24)26-16-14(21)12(19)11(18)13(20)15(16)22/h3-7H,2,8-9H2,1H3. The molecule has 26 heavy (non-hydrogen) atoms. The van der Waals surface area contributed by atoms with Crippen LogP contribution in [0.1, 0.15) is 6.92 Å². The highest BCUT2D eigenvalue weighted by molar-refractivity contribution is 6.55. The van der Waals surface area contributed by atoms with Gasteiger partial charge >= 0.3 is 6.16 Å². The van der Waals surface area contributed by atoms with Crippen molar-refractivity contribution in [1.29, 1.82) is 0 Å². The highest BCUT2D eigenvalue weighted by Crippen LogP contribution is 2.48. The van der Waals surface area contributed by atoms with Crippen LogP contribution in [0, 0.1) is 0 Å². The Morgan fingerprint density at radius 3 is 2.00 bits per heavy atom. The summed E-state index contributed by atoms with van der Waals surface area (Å²) in [6.07, 6.45) is -0.979. The van der Waals surface area contributed by atoms with Gasteiger partial charge in [0, 0.05) is 12.2 Å². The molecule has 0 bridgehead atoms. The molecule has 0 heterocycles. The lowest BCUT2D eigenvalue weighted by molar-refractivity contribution is 0.101. The molecule has 0 saturated carbocycles. The number of hydrogen-bond acceptors (Lipinski definition) is 4. The molecule has 2 rings (SSSR count). The van der Waals surface area contributed by atoms with Crippen LogP contribution in [0.3, 0.4) is 0 Å². The van der Waals surface area contributed by atoms with Gasteiger partial charge in [0.05, 0.1) is 21.6 Å². The van der Waals surface area contributed by atoms with Crippen molar-refractivity contribution < 1.29 is 14.3 Å². The number of carbonyl (C=O) groups excluding carboxylic acids is 1. The molecule has 0 aliphatic carbocycles. The Hall–Kier alpha value is -1.04. The Morgan fingerprint density at radius 2 is 1.46 bits per heavy atom. The van der Waals surface area contributed by atoms with Gasteiger partial charge in [-0.3, -0.25) is 0 Å². The highest BCUT2D eigenvalue weighted by atomic mass is 35.5. The summed E-state index contributed by atoms with van der Waals surface area (Å²) >= 11 is 29.8. The van der Waals surface area contributed by atoms with E-state index in [-0.39, 0.29) is 37.5 Å². The van der Waals surface area contributed by atoms with E-state index in [4.69, 9.17) is 67.5 Å². The zero-order valence-electron chi connectivity index (χ0n) is 13.6. The minimum atomic E-state index is -0.979. The predicted octanol–water partition coefficient (Wildman–Crippen LogP) is 7.00. The van der Waals surface area contributed by atoms with Crippen molar-refractivity contribution in [3.05, 3.63) is 55.4 Å². The molecule has 0 fully saturated rings. The van der Waals surface area contributed by atoms with E-state index in [0.29, 0.717) is 6.54 Å². The summed E-state index contributed by atoms with van der Waals surface area (Å²) in [6, 6.07) is 9.75. The van der Waals surface area contributed by atoms with Gasteiger partial charge in [0.15, 0.2) is 5.75 Å². The monoisotopic (exact) mass is 455 g/mol.